The summed E-state index contributed by atoms with van der Waals surface area (Å²) in [5.41, 5.74) is 6.49. The van der Waals surface area contributed by atoms with Gasteiger partial charge in [-0.05, 0) is 19.3 Å². The molecule has 0 spiro atoms. The number of nitrogen functional groups attached to an aromatic ring is 1. The first kappa shape index (κ1) is 26.6. The fraction of sp³-hybridized carbons (Fsp3) is 0.714. The van der Waals surface area contributed by atoms with Gasteiger partial charge in [0.05, 0.1) is 37.3 Å². The number of amides is 2. The number of urea groups is 1. The molecule has 0 aromatic carbocycles. The van der Waals surface area contributed by atoms with E-state index in [2.05, 4.69) is 25.6 Å². The molecule has 3 aliphatic rings. The van der Waals surface area contributed by atoms with Gasteiger partial charge >= 0.3 is 13.6 Å². The Bertz CT molecular complexity index is 1170. The predicted octanol–water partition coefficient (Wildman–Crippen LogP) is 0.346. The molecular formula is C21H32N7O7PS. The Balaban J connectivity index is 1.03. The lowest BCUT2D eigenvalue weighted by atomic mass is 10.0. The molecular weight excluding hydrogens is 525 g/mol. The average Bonchev–Trinajstić information content (AvgIpc) is 3.60. The molecule has 0 aliphatic carbocycles. The van der Waals surface area contributed by atoms with E-state index in [1.165, 1.54) is 17.2 Å². The summed E-state index contributed by atoms with van der Waals surface area (Å²) >= 11 is 1.86. The third-order valence-corrected chi connectivity index (χ3v) is 9.98. The van der Waals surface area contributed by atoms with E-state index in [9.17, 15) is 24.5 Å². The van der Waals surface area contributed by atoms with Crippen LogP contribution in [0.5, 0.6) is 0 Å². The van der Waals surface area contributed by atoms with E-state index in [1.54, 1.807) is 0 Å². The monoisotopic (exact) mass is 557 g/mol. The first-order valence-electron chi connectivity index (χ1n) is 12.3. The van der Waals surface area contributed by atoms with E-state index in [0.717, 1.165) is 25.0 Å². The molecule has 14 nitrogen and oxygen atoms in total. The van der Waals surface area contributed by atoms with Crippen LogP contribution in [-0.2, 0) is 13.8 Å². The summed E-state index contributed by atoms with van der Waals surface area (Å²) in [6.07, 6.45) is 1.43. The second-order valence-electron chi connectivity index (χ2n) is 9.58. The Kier molecular flexibility index (Phi) is 7.91. The molecule has 37 heavy (non-hydrogen) atoms. The van der Waals surface area contributed by atoms with Gasteiger partial charge in [-0.15, -0.1) is 0 Å². The SMILES string of the molecule is Nc1ncnc2c1ncn2[C@@H]1O[C@H](CCP(=O)(O)OCCCCC[C@@H]2SC[C@@H]3NC(=O)N[C@@H]32)[C@@H](O)[C@H]1O. The molecule has 3 aliphatic heterocycles. The van der Waals surface area contributed by atoms with Gasteiger partial charge in [0.25, 0.3) is 0 Å². The van der Waals surface area contributed by atoms with E-state index in [1.807, 2.05) is 11.8 Å². The third kappa shape index (κ3) is 5.72. The minimum atomic E-state index is -3.90. The number of fused-ring (bicyclic) bond motifs is 2. The summed E-state index contributed by atoms with van der Waals surface area (Å²) in [6.45, 7) is 0.150. The highest BCUT2D eigenvalue weighted by atomic mass is 32.2. The van der Waals surface area contributed by atoms with Crippen LogP contribution < -0.4 is 16.4 Å². The number of aromatic nitrogens is 4. The van der Waals surface area contributed by atoms with Crippen LogP contribution in [0.4, 0.5) is 10.6 Å². The number of aliphatic hydroxyl groups is 2. The number of carbonyl (C=O) groups excluding carboxylic acids is 1. The molecule has 0 saturated carbocycles. The lowest BCUT2D eigenvalue weighted by Crippen LogP contribution is -2.36. The van der Waals surface area contributed by atoms with E-state index >= 15 is 0 Å². The molecule has 0 radical (unpaired) electrons. The van der Waals surface area contributed by atoms with Gasteiger partial charge in [0.1, 0.15) is 24.1 Å². The Morgan fingerprint density at radius 3 is 2.86 bits per heavy atom. The van der Waals surface area contributed by atoms with Crippen molar-refractivity contribution in [1.29, 1.82) is 0 Å². The highest BCUT2D eigenvalue weighted by molar-refractivity contribution is 8.00. The molecule has 5 rings (SSSR count). The number of hydrogen-bond donors (Lipinski definition) is 6. The number of anilines is 1. The Hall–Kier alpha value is -2.00. The maximum absolute atomic E-state index is 12.5. The van der Waals surface area contributed by atoms with Crippen molar-refractivity contribution in [3.8, 4) is 0 Å². The van der Waals surface area contributed by atoms with Crippen LogP contribution in [0, 0.1) is 0 Å². The van der Waals surface area contributed by atoms with Crippen molar-refractivity contribution < 1.29 is 33.7 Å². The van der Waals surface area contributed by atoms with Gasteiger partial charge in [0.2, 0.25) is 0 Å². The highest BCUT2D eigenvalue weighted by Gasteiger charge is 2.45. The fourth-order valence-electron chi connectivity index (χ4n) is 5.08. The standard InChI is InChI=1S/C21H32N7O7PS/c22-18-15-19(24-9-23-18)28(10-25-15)20-17(30)16(29)12(35-20)5-7-36(32,33)34-6-3-1-2-4-13-14-11(8-37-13)26-21(31)27-14/h9-14,16-17,20,29-30H,1-8H2,(H,32,33)(H2,22,23,24)(H2,26,27,31)/t11-,12+,13-,14-,16+,17+,20+/m0/s1. The largest absolute Gasteiger partial charge is 0.388 e. The maximum Gasteiger partial charge on any atom is 0.328 e. The average molecular weight is 558 g/mol. The number of hydrogen-bond acceptors (Lipinski definition) is 11. The van der Waals surface area contributed by atoms with Crippen molar-refractivity contribution in [2.24, 2.45) is 0 Å². The zero-order valence-corrected chi connectivity index (χ0v) is 21.8. The molecule has 3 saturated heterocycles. The number of imidazole rings is 1. The second kappa shape index (κ2) is 11.0. The van der Waals surface area contributed by atoms with Gasteiger partial charge in [-0.1, -0.05) is 12.8 Å². The summed E-state index contributed by atoms with van der Waals surface area (Å²) in [4.78, 5) is 33.8. The molecule has 8 atom stereocenters. The van der Waals surface area contributed by atoms with Crippen LogP contribution in [0.1, 0.15) is 38.3 Å². The molecule has 3 fully saturated rings. The summed E-state index contributed by atoms with van der Waals surface area (Å²) in [7, 11) is -3.90. The molecule has 7 N–H and O–H groups in total. The zero-order valence-electron chi connectivity index (χ0n) is 20.0. The van der Waals surface area contributed by atoms with Crippen LogP contribution in [0.3, 0.4) is 0 Å². The number of thioether (sulfide) groups is 1. The van der Waals surface area contributed by atoms with Crippen LogP contribution >= 0.6 is 19.4 Å². The maximum atomic E-state index is 12.5. The van der Waals surface area contributed by atoms with Crippen molar-refractivity contribution in [1.82, 2.24) is 30.2 Å². The highest BCUT2D eigenvalue weighted by Crippen LogP contribution is 2.45. The number of carbonyl (C=O) groups is 1. The number of rotatable bonds is 11. The van der Waals surface area contributed by atoms with Crippen LogP contribution in [0.25, 0.3) is 11.2 Å². The molecule has 204 valence electrons. The molecule has 1 unspecified atom stereocenters. The molecule has 5 heterocycles. The van der Waals surface area contributed by atoms with Crippen LogP contribution in [-0.4, -0.2) is 94.8 Å². The molecule has 16 heteroatoms. The predicted molar refractivity (Wildman–Crippen MR) is 135 cm³/mol. The van der Waals surface area contributed by atoms with E-state index in [0.29, 0.717) is 22.8 Å². The first-order chi connectivity index (χ1) is 17.7. The van der Waals surface area contributed by atoms with Gasteiger partial charge in [-0.25, -0.2) is 19.7 Å². The van der Waals surface area contributed by atoms with Crippen molar-refractivity contribution in [2.45, 2.75) is 74.0 Å². The number of ether oxygens (including phenoxy) is 1. The van der Waals surface area contributed by atoms with Crippen molar-refractivity contribution in [3.63, 3.8) is 0 Å². The number of nitrogens with zero attached hydrogens (tertiary/aromatic N) is 4. The van der Waals surface area contributed by atoms with E-state index in [-0.39, 0.29) is 43.1 Å². The fourth-order valence-corrected chi connectivity index (χ4v) is 7.75. The topological polar surface area (TPSA) is 207 Å². The van der Waals surface area contributed by atoms with Crippen molar-refractivity contribution in [3.05, 3.63) is 12.7 Å². The Morgan fingerprint density at radius 1 is 1.19 bits per heavy atom. The minimum absolute atomic E-state index is 0.0213. The lowest BCUT2D eigenvalue weighted by Gasteiger charge is -2.18. The Labute approximate surface area is 217 Å². The summed E-state index contributed by atoms with van der Waals surface area (Å²) in [5.74, 6) is 1.10. The first-order valence-corrected chi connectivity index (χ1v) is 15.1. The lowest BCUT2D eigenvalue weighted by molar-refractivity contribution is -0.0356. The molecule has 2 aromatic heterocycles. The minimum Gasteiger partial charge on any atom is -0.388 e. The van der Waals surface area contributed by atoms with Gasteiger partial charge in [0, 0.05) is 11.0 Å². The quantitative estimate of drug-likeness (QED) is 0.126. The Morgan fingerprint density at radius 2 is 2.03 bits per heavy atom. The summed E-state index contributed by atoms with van der Waals surface area (Å²) in [6, 6.07) is 0.288. The summed E-state index contributed by atoms with van der Waals surface area (Å²) < 4.78 is 25.1. The van der Waals surface area contributed by atoms with Crippen LogP contribution in [0.15, 0.2) is 12.7 Å². The third-order valence-electron chi connectivity index (χ3n) is 7.06. The van der Waals surface area contributed by atoms with E-state index in [4.69, 9.17) is 15.0 Å². The van der Waals surface area contributed by atoms with Gasteiger partial charge in [0.15, 0.2) is 17.7 Å². The van der Waals surface area contributed by atoms with Crippen molar-refractivity contribution in [2.75, 3.05) is 24.3 Å². The molecule has 2 amide bonds. The normalized spacial score (nSPS) is 32.8. The second-order valence-corrected chi connectivity index (χ2v) is 12.8. The van der Waals surface area contributed by atoms with Crippen molar-refractivity contribution >= 4 is 42.4 Å². The zero-order chi connectivity index (χ0) is 26.2. The number of nitrogens with one attached hydrogen (secondary N) is 2. The molecule has 0 bridgehead atoms. The van der Waals surface area contributed by atoms with Crippen LogP contribution in [0.2, 0.25) is 0 Å². The van der Waals surface area contributed by atoms with Gasteiger partial charge in [-0.3, -0.25) is 9.13 Å². The molecule has 2 aromatic rings. The number of unbranched alkanes of at least 4 members (excludes halogenated alkanes) is 2. The van der Waals surface area contributed by atoms with Gasteiger partial charge < -0.3 is 40.7 Å². The summed E-state index contributed by atoms with van der Waals surface area (Å²) in [5, 5.41) is 27.3. The smallest absolute Gasteiger partial charge is 0.328 e. The van der Waals surface area contributed by atoms with Gasteiger partial charge in [-0.2, -0.15) is 11.8 Å². The number of aliphatic hydroxyl groups excluding tert-OH is 2. The van der Waals surface area contributed by atoms with E-state index < -0.39 is 32.1 Å². The number of nitrogens with two attached hydrogens (primary N) is 1.